The number of carbonyl (C=O) groups excluding carboxylic acids is 1. The third-order valence-corrected chi connectivity index (χ3v) is 5.78. The van der Waals surface area contributed by atoms with Crippen molar-refractivity contribution in [3.05, 3.63) is 35.9 Å². The first kappa shape index (κ1) is 16.0. The minimum absolute atomic E-state index is 0.432. The molecule has 0 bridgehead atoms. The number of hydrogen-bond acceptors (Lipinski definition) is 5. The molecule has 0 aliphatic heterocycles. The summed E-state index contributed by atoms with van der Waals surface area (Å²) in [6, 6.07) is 9.59. The molecular formula is C15H21NO4S. The van der Waals surface area contributed by atoms with Gasteiger partial charge in [0.15, 0.2) is 9.84 Å². The molecule has 116 valence electrons. The summed E-state index contributed by atoms with van der Waals surface area (Å²) in [5.74, 6) is -0.494. The van der Waals surface area contributed by atoms with Gasteiger partial charge in [-0.2, -0.15) is 0 Å². The Morgan fingerprint density at radius 3 is 2.62 bits per heavy atom. The predicted molar refractivity (Wildman–Crippen MR) is 80.5 cm³/mol. The molecule has 0 heterocycles. The van der Waals surface area contributed by atoms with Crippen LogP contribution in [0.4, 0.5) is 0 Å². The molecule has 0 spiro atoms. The molecule has 0 radical (unpaired) electrons. The SMILES string of the molecule is COC(=O)C1(NCc2ccccc2)CCCC1S(C)(=O)=O. The maximum atomic E-state index is 12.3. The Morgan fingerprint density at radius 2 is 2.05 bits per heavy atom. The largest absolute Gasteiger partial charge is 0.468 e. The Bertz CT molecular complexity index is 599. The third-order valence-electron chi connectivity index (χ3n) is 4.10. The van der Waals surface area contributed by atoms with Gasteiger partial charge in [-0.1, -0.05) is 30.3 Å². The van der Waals surface area contributed by atoms with Crippen LogP contribution in [0.2, 0.25) is 0 Å². The highest BCUT2D eigenvalue weighted by Gasteiger charge is 2.54. The van der Waals surface area contributed by atoms with Crippen LogP contribution in [-0.2, 0) is 25.9 Å². The van der Waals surface area contributed by atoms with Crippen molar-refractivity contribution in [1.29, 1.82) is 0 Å². The van der Waals surface area contributed by atoms with E-state index in [1.165, 1.54) is 13.4 Å². The lowest BCUT2D eigenvalue weighted by Crippen LogP contribution is -2.59. The summed E-state index contributed by atoms with van der Waals surface area (Å²) in [5.41, 5.74) is -0.141. The van der Waals surface area contributed by atoms with E-state index in [2.05, 4.69) is 5.32 Å². The number of carbonyl (C=O) groups is 1. The number of rotatable bonds is 5. The van der Waals surface area contributed by atoms with Crippen molar-refractivity contribution >= 4 is 15.8 Å². The molecule has 1 aliphatic carbocycles. The normalized spacial score (nSPS) is 25.7. The van der Waals surface area contributed by atoms with E-state index in [9.17, 15) is 13.2 Å². The zero-order valence-electron chi connectivity index (χ0n) is 12.3. The summed E-state index contributed by atoms with van der Waals surface area (Å²) in [4.78, 5) is 12.3. The highest BCUT2D eigenvalue weighted by Crippen LogP contribution is 2.36. The molecule has 6 heteroatoms. The number of methoxy groups -OCH3 is 1. The molecule has 1 fully saturated rings. The van der Waals surface area contributed by atoms with Gasteiger partial charge in [-0.05, 0) is 24.8 Å². The Kier molecular flexibility index (Phi) is 4.68. The molecule has 2 rings (SSSR count). The first-order valence-corrected chi connectivity index (χ1v) is 8.92. The first-order chi connectivity index (χ1) is 9.90. The fraction of sp³-hybridized carbons (Fsp3) is 0.533. The van der Waals surface area contributed by atoms with E-state index < -0.39 is 26.6 Å². The molecule has 5 nitrogen and oxygen atoms in total. The summed E-state index contributed by atoms with van der Waals surface area (Å²) in [5, 5.41) is 2.43. The maximum absolute atomic E-state index is 12.3. The molecule has 2 atom stereocenters. The van der Waals surface area contributed by atoms with Gasteiger partial charge >= 0.3 is 5.97 Å². The van der Waals surface area contributed by atoms with Crippen LogP contribution in [0.25, 0.3) is 0 Å². The number of nitrogens with one attached hydrogen (secondary N) is 1. The van der Waals surface area contributed by atoms with Crippen LogP contribution in [0.3, 0.4) is 0 Å². The van der Waals surface area contributed by atoms with Gasteiger partial charge in [0.1, 0.15) is 5.54 Å². The monoisotopic (exact) mass is 311 g/mol. The Morgan fingerprint density at radius 1 is 1.38 bits per heavy atom. The van der Waals surface area contributed by atoms with E-state index in [4.69, 9.17) is 4.74 Å². The smallest absolute Gasteiger partial charge is 0.327 e. The molecule has 1 aliphatic rings. The average molecular weight is 311 g/mol. The molecule has 2 unspecified atom stereocenters. The first-order valence-electron chi connectivity index (χ1n) is 6.96. The summed E-state index contributed by atoms with van der Waals surface area (Å²) < 4.78 is 29.0. The molecule has 1 aromatic carbocycles. The second-order valence-corrected chi connectivity index (χ2v) is 7.74. The second kappa shape index (κ2) is 6.15. The van der Waals surface area contributed by atoms with Crippen LogP contribution in [0.5, 0.6) is 0 Å². The fourth-order valence-corrected chi connectivity index (χ4v) is 4.72. The van der Waals surface area contributed by atoms with Crippen molar-refractivity contribution < 1.29 is 17.9 Å². The van der Waals surface area contributed by atoms with Crippen molar-refractivity contribution in [1.82, 2.24) is 5.32 Å². The summed E-state index contributed by atoms with van der Waals surface area (Å²) in [6.07, 6.45) is 2.83. The zero-order chi connectivity index (χ0) is 15.5. The summed E-state index contributed by atoms with van der Waals surface area (Å²) in [7, 11) is -2.04. The minimum atomic E-state index is -3.33. The van der Waals surface area contributed by atoms with Crippen LogP contribution in [0.15, 0.2) is 30.3 Å². The van der Waals surface area contributed by atoms with E-state index >= 15 is 0 Å². The Balaban J connectivity index is 2.28. The quantitative estimate of drug-likeness (QED) is 0.830. The molecule has 1 saturated carbocycles. The maximum Gasteiger partial charge on any atom is 0.327 e. The lowest BCUT2D eigenvalue weighted by atomic mass is 9.96. The average Bonchev–Trinajstić information content (AvgIpc) is 2.91. The van der Waals surface area contributed by atoms with Gasteiger partial charge in [-0.3, -0.25) is 10.1 Å². The molecule has 0 aromatic heterocycles. The Labute approximate surface area is 125 Å². The van der Waals surface area contributed by atoms with Gasteiger partial charge in [0.25, 0.3) is 0 Å². The van der Waals surface area contributed by atoms with Crippen molar-refractivity contribution in [2.24, 2.45) is 0 Å². The Hall–Kier alpha value is -1.40. The molecule has 0 amide bonds. The van der Waals surface area contributed by atoms with Crippen molar-refractivity contribution in [3.63, 3.8) is 0 Å². The molecule has 1 N–H and O–H groups in total. The lowest BCUT2D eigenvalue weighted by Gasteiger charge is -2.32. The van der Waals surface area contributed by atoms with Crippen LogP contribution >= 0.6 is 0 Å². The van der Waals surface area contributed by atoms with Gasteiger partial charge in [-0.15, -0.1) is 0 Å². The standard InChI is InChI=1S/C15H21NO4S/c1-20-14(17)15(10-6-9-13(15)21(2,18)19)16-11-12-7-4-3-5-8-12/h3-5,7-8,13,16H,6,9-11H2,1-2H3. The zero-order valence-corrected chi connectivity index (χ0v) is 13.2. The molecular weight excluding hydrogens is 290 g/mol. The van der Waals surface area contributed by atoms with Crippen molar-refractivity contribution in [2.75, 3.05) is 13.4 Å². The number of hydrogen-bond donors (Lipinski definition) is 1. The van der Waals surface area contributed by atoms with E-state index in [0.29, 0.717) is 25.8 Å². The van der Waals surface area contributed by atoms with Crippen molar-refractivity contribution in [3.8, 4) is 0 Å². The van der Waals surface area contributed by atoms with Crippen LogP contribution in [0.1, 0.15) is 24.8 Å². The summed E-state index contributed by atoms with van der Waals surface area (Å²) >= 11 is 0. The van der Waals surface area contributed by atoms with E-state index in [-0.39, 0.29) is 0 Å². The highest BCUT2D eigenvalue weighted by molar-refractivity contribution is 7.91. The molecule has 1 aromatic rings. The highest BCUT2D eigenvalue weighted by atomic mass is 32.2. The van der Waals surface area contributed by atoms with Gasteiger partial charge in [0, 0.05) is 12.8 Å². The van der Waals surface area contributed by atoms with Crippen LogP contribution in [0, 0.1) is 0 Å². The van der Waals surface area contributed by atoms with Crippen LogP contribution in [-0.4, -0.2) is 38.5 Å². The van der Waals surface area contributed by atoms with Crippen molar-refractivity contribution in [2.45, 2.75) is 36.6 Å². The van der Waals surface area contributed by atoms with Gasteiger partial charge in [-0.25, -0.2) is 8.42 Å². The van der Waals surface area contributed by atoms with Gasteiger partial charge < -0.3 is 4.74 Å². The lowest BCUT2D eigenvalue weighted by molar-refractivity contribution is -0.148. The number of sulfone groups is 1. The van der Waals surface area contributed by atoms with E-state index in [1.54, 1.807) is 0 Å². The fourth-order valence-electron chi connectivity index (χ4n) is 3.10. The number of esters is 1. The third kappa shape index (κ3) is 3.27. The van der Waals surface area contributed by atoms with E-state index in [0.717, 1.165) is 5.56 Å². The predicted octanol–water partition coefficient (Wildman–Crippen LogP) is 1.29. The minimum Gasteiger partial charge on any atom is -0.468 e. The van der Waals surface area contributed by atoms with Gasteiger partial charge in [0.2, 0.25) is 0 Å². The molecule has 0 saturated heterocycles. The van der Waals surface area contributed by atoms with Crippen LogP contribution < -0.4 is 5.32 Å². The second-order valence-electron chi connectivity index (χ2n) is 5.51. The topological polar surface area (TPSA) is 72.5 Å². The number of benzene rings is 1. The summed E-state index contributed by atoms with van der Waals surface area (Å²) in [6.45, 7) is 0.432. The number of ether oxygens (including phenoxy) is 1. The van der Waals surface area contributed by atoms with E-state index in [1.807, 2.05) is 30.3 Å². The van der Waals surface area contributed by atoms with Gasteiger partial charge in [0.05, 0.1) is 12.4 Å². The molecule has 21 heavy (non-hydrogen) atoms.